The number of sulfonamides is 1. The molecule has 1 atom stereocenters. The zero-order valence-corrected chi connectivity index (χ0v) is 15.5. The number of ether oxygens (including phenoxy) is 1. The molecule has 0 bridgehead atoms. The number of morpholine rings is 1. The van der Waals surface area contributed by atoms with Gasteiger partial charge < -0.3 is 14.5 Å². The Kier molecular flexibility index (Phi) is 5.43. The van der Waals surface area contributed by atoms with Crippen molar-refractivity contribution < 1.29 is 17.9 Å². The van der Waals surface area contributed by atoms with E-state index in [1.807, 2.05) is 18.9 Å². The van der Waals surface area contributed by atoms with Gasteiger partial charge in [-0.2, -0.15) is 4.31 Å². The van der Waals surface area contributed by atoms with Crippen molar-refractivity contribution in [1.82, 2.24) is 14.1 Å². The molecule has 7 nitrogen and oxygen atoms in total. The van der Waals surface area contributed by atoms with Crippen molar-refractivity contribution in [1.29, 1.82) is 0 Å². The third-order valence-corrected chi connectivity index (χ3v) is 6.83. The summed E-state index contributed by atoms with van der Waals surface area (Å²) in [5.74, 6) is -0.0446. The van der Waals surface area contributed by atoms with Crippen molar-refractivity contribution in [2.24, 2.45) is 0 Å². The van der Waals surface area contributed by atoms with Gasteiger partial charge in [-0.1, -0.05) is 0 Å². The molecule has 138 valence electrons. The van der Waals surface area contributed by atoms with Gasteiger partial charge in [-0.05, 0) is 38.2 Å². The van der Waals surface area contributed by atoms with Gasteiger partial charge >= 0.3 is 0 Å². The fraction of sp³-hybridized carbons (Fsp3) is 0.588. The lowest BCUT2D eigenvalue weighted by atomic mass is 10.2. The average Bonchev–Trinajstić information content (AvgIpc) is 2.62. The topological polar surface area (TPSA) is 70.2 Å². The lowest BCUT2D eigenvalue weighted by molar-refractivity contribution is 0.0393. The Morgan fingerprint density at radius 1 is 1.08 bits per heavy atom. The van der Waals surface area contributed by atoms with E-state index in [1.165, 1.54) is 16.4 Å². The molecule has 2 aliphatic heterocycles. The van der Waals surface area contributed by atoms with Crippen LogP contribution in [0.5, 0.6) is 0 Å². The zero-order valence-electron chi connectivity index (χ0n) is 14.7. The number of nitrogens with zero attached hydrogens (tertiary/aromatic N) is 3. The maximum Gasteiger partial charge on any atom is 0.253 e. The Morgan fingerprint density at radius 2 is 1.72 bits per heavy atom. The smallest absolute Gasteiger partial charge is 0.253 e. The van der Waals surface area contributed by atoms with Crippen molar-refractivity contribution in [3.05, 3.63) is 29.8 Å². The van der Waals surface area contributed by atoms with Crippen LogP contribution in [-0.4, -0.2) is 87.5 Å². The molecule has 1 aromatic rings. The summed E-state index contributed by atoms with van der Waals surface area (Å²) in [6.45, 7) is 6.10. The lowest BCUT2D eigenvalue weighted by Crippen LogP contribution is -2.47. The summed E-state index contributed by atoms with van der Waals surface area (Å²) in [5.41, 5.74) is 0.526. The van der Waals surface area contributed by atoms with E-state index >= 15 is 0 Å². The summed E-state index contributed by atoms with van der Waals surface area (Å²) in [6, 6.07) is 6.09. The lowest BCUT2D eigenvalue weighted by Gasteiger charge is -2.33. The normalized spacial score (nSPS) is 23.6. The summed E-state index contributed by atoms with van der Waals surface area (Å²) in [6.07, 6.45) is 0. The monoisotopic (exact) mass is 367 g/mol. The molecule has 2 fully saturated rings. The highest BCUT2D eigenvalue weighted by Crippen LogP contribution is 2.21. The van der Waals surface area contributed by atoms with Gasteiger partial charge in [0.2, 0.25) is 10.0 Å². The number of piperazine rings is 1. The third kappa shape index (κ3) is 3.87. The standard InChI is InChI=1S/C17H25N3O4S/c1-14-13-24-12-11-20(14)25(22,23)16-5-3-15(4-6-16)17(21)19-9-7-18(2)8-10-19/h3-6,14H,7-13H2,1-2H3. The first-order valence-electron chi connectivity index (χ1n) is 8.57. The van der Waals surface area contributed by atoms with Crippen LogP contribution in [-0.2, 0) is 14.8 Å². The summed E-state index contributed by atoms with van der Waals surface area (Å²) in [7, 11) is -1.53. The molecule has 0 aromatic heterocycles. The van der Waals surface area contributed by atoms with Gasteiger partial charge in [-0.3, -0.25) is 4.79 Å². The minimum Gasteiger partial charge on any atom is -0.378 e. The maximum absolute atomic E-state index is 12.8. The van der Waals surface area contributed by atoms with E-state index in [4.69, 9.17) is 4.74 Å². The molecular formula is C17H25N3O4S. The molecule has 2 saturated heterocycles. The van der Waals surface area contributed by atoms with Crippen molar-refractivity contribution in [2.75, 3.05) is 53.0 Å². The Balaban J connectivity index is 1.74. The summed E-state index contributed by atoms with van der Waals surface area (Å²) in [5, 5.41) is 0. The van der Waals surface area contributed by atoms with Gasteiger partial charge in [0, 0.05) is 44.3 Å². The van der Waals surface area contributed by atoms with Crippen LogP contribution in [0.15, 0.2) is 29.2 Å². The molecular weight excluding hydrogens is 342 g/mol. The molecule has 0 saturated carbocycles. The van der Waals surface area contributed by atoms with E-state index in [0.717, 1.165) is 13.1 Å². The molecule has 2 aliphatic rings. The van der Waals surface area contributed by atoms with E-state index < -0.39 is 10.0 Å². The molecule has 25 heavy (non-hydrogen) atoms. The number of benzene rings is 1. The van der Waals surface area contributed by atoms with Crippen molar-refractivity contribution in [2.45, 2.75) is 17.9 Å². The Labute approximate surface area is 149 Å². The van der Waals surface area contributed by atoms with Gasteiger partial charge in [0.15, 0.2) is 0 Å². The highest BCUT2D eigenvalue weighted by atomic mass is 32.2. The van der Waals surface area contributed by atoms with Crippen LogP contribution in [0, 0.1) is 0 Å². The van der Waals surface area contributed by atoms with Crippen molar-refractivity contribution in [3.8, 4) is 0 Å². The predicted molar refractivity (Wildman–Crippen MR) is 94.0 cm³/mol. The molecule has 0 spiro atoms. The molecule has 1 unspecified atom stereocenters. The number of hydrogen-bond acceptors (Lipinski definition) is 5. The molecule has 1 aromatic carbocycles. The van der Waals surface area contributed by atoms with Gasteiger partial charge in [0.25, 0.3) is 5.91 Å². The zero-order chi connectivity index (χ0) is 18.0. The van der Waals surface area contributed by atoms with E-state index in [-0.39, 0.29) is 16.8 Å². The van der Waals surface area contributed by atoms with Crippen LogP contribution in [0.2, 0.25) is 0 Å². The van der Waals surface area contributed by atoms with Gasteiger partial charge in [-0.25, -0.2) is 8.42 Å². The minimum absolute atomic E-state index is 0.0446. The average molecular weight is 367 g/mol. The second-order valence-corrected chi connectivity index (χ2v) is 8.55. The van der Waals surface area contributed by atoms with Gasteiger partial charge in [0.05, 0.1) is 18.1 Å². The molecule has 0 radical (unpaired) electrons. The number of carbonyl (C=O) groups is 1. The Bertz CT molecular complexity index is 712. The van der Waals surface area contributed by atoms with Crippen LogP contribution in [0.25, 0.3) is 0 Å². The highest BCUT2D eigenvalue weighted by molar-refractivity contribution is 7.89. The van der Waals surface area contributed by atoms with E-state index in [0.29, 0.717) is 38.4 Å². The second-order valence-electron chi connectivity index (χ2n) is 6.66. The molecule has 3 rings (SSSR count). The molecule has 0 aliphatic carbocycles. The van der Waals surface area contributed by atoms with Crippen molar-refractivity contribution >= 4 is 15.9 Å². The molecule has 2 heterocycles. The summed E-state index contributed by atoms with van der Waals surface area (Å²) in [4.78, 5) is 16.8. The highest BCUT2D eigenvalue weighted by Gasteiger charge is 2.31. The second kappa shape index (κ2) is 7.41. The van der Waals surface area contributed by atoms with Crippen LogP contribution in [0.4, 0.5) is 0 Å². The number of rotatable bonds is 3. The quantitative estimate of drug-likeness (QED) is 0.777. The molecule has 0 N–H and O–H groups in total. The summed E-state index contributed by atoms with van der Waals surface area (Å²) < 4.78 is 32.3. The fourth-order valence-electron chi connectivity index (χ4n) is 3.17. The SMILES string of the molecule is CC1COCCN1S(=O)(=O)c1ccc(C(=O)N2CCN(C)CC2)cc1. The van der Waals surface area contributed by atoms with E-state index in [2.05, 4.69) is 4.90 Å². The van der Waals surface area contributed by atoms with E-state index in [1.54, 1.807) is 12.1 Å². The van der Waals surface area contributed by atoms with Crippen LogP contribution in [0.3, 0.4) is 0 Å². The maximum atomic E-state index is 12.8. The predicted octanol–water partition coefficient (Wildman–Crippen LogP) is 0.484. The first-order chi connectivity index (χ1) is 11.9. The van der Waals surface area contributed by atoms with Gasteiger partial charge in [-0.15, -0.1) is 0 Å². The van der Waals surface area contributed by atoms with Crippen molar-refractivity contribution in [3.63, 3.8) is 0 Å². The first kappa shape index (κ1) is 18.3. The molecule has 1 amide bonds. The number of amides is 1. The van der Waals surface area contributed by atoms with Gasteiger partial charge in [0.1, 0.15) is 0 Å². The fourth-order valence-corrected chi connectivity index (χ4v) is 4.77. The van der Waals surface area contributed by atoms with Crippen LogP contribution >= 0.6 is 0 Å². The Hall–Kier alpha value is -1.48. The Morgan fingerprint density at radius 3 is 2.32 bits per heavy atom. The largest absolute Gasteiger partial charge is 0.378 e. The van der Waals surface area contributed by atoms with E-state index in [9.17, 15) is 13.2 Å². The summed E-state index contributed by atoms with van der Waals surface area (Å²) >= 11 is 0. The number of likely N-dealkylation sites (N-methyl/N-ethyl adjacent to an activating group) is 1. The number of hydrogen-bond donors (Lipinski definition) is 0. The van der Waals surface area contributed by atoms with Crippen LogP contribution in [0.1, 0.15) is 17.3 Å². The molecule has 8 heteroatoms. The minimum atomic E-state index is -3.56. The number of carbonyl (C=O) groups excluding carboxylic acids is 1. The third-order valence-electron chi connectivity index (χ3n) is 4.81. The first-order valence-corrected chi connectivity index (χ1v) is 10.0. The van der Waals surface area contributed by atoms with Crippen LogP contribution < -0.4 is 0 Å².